The molecule has 0 amide bonds. The summed E-state index contributed by atoms with van der Waals surface area (Å²) in [5.41, 5.74) is 1.06. The molecule has 1 saturated heterocycles. The number of fused-ring (bicyclic) bond motifs is 1. The number of piperidine rings is 1. The lowest BCUT2D eigenvalue weighted by atomic mass is 10.1. The van der Waals surface area contributed by atoms with Gasteiger partial charge in [-0.1, -0.05) is 16.8 Å². The maximum absolute atomic E-state index is 14.1. The summed E-state index contributed by atoms with van der Waals surface area (Å²) >= 11 is 11.6. The Morgan fingerprint density at radius 2 is 2.00 bits per heavy atom. The van der Waals surface area contributed by atoms with Crippen molar-refractivity contribution in [3.05, 3.63) is 22.5 Å². The molecule has 22 heavy (non-hydrogen) atoms. The molecule has 2 aromatic heterocycles. The molecule has 0 saturated carbocycles. The van der Waals surface area contributed by atoms with Crippen LogP contribution < -0.4 is 4.90 Å². The fourth-order valence-corrected chi connectivity index (χ4v) is 2.73. The van der Waals surface area contributed by atoms with E-state index in [-0.39, 0.29) is 16.0 Å². The summed E-state index contributed by atoms with van der Waals surface area (Å²) in [5, 5.41) is 4.18. The van der Waals surface area contributed by atoms with Gasteiger partial charge in [-0.2, -0.15) is 4.98 Å². The van der Waals surface area contributed by atoms with E-state index in [0.29, 0.717) is 24.3 Å². The third kappa shape index (κ3) is 2.78. The van der Waals surface area contributed by atoms with Gasteiger partial charge in [-0.15, -0.1) is 0 Å². The highest BCUT2D eigenvalue weighted by molar-refractivity contribution is 6.30. The Labute approximate surface area is 135 Å². The summed E-state index contributed by atoms with van der Waals surface area (Å²) in [6.45, 7) is 1.35. The van der Waals surface area contributed by atoms with Crippen LogP contribution in [0.1, 0.15) is 12.8 Å². The van der Waals surface area contributed by atoms with E-state index in [2.05, 4.69) is 20.1 Å². The summed E-state index contributed by atoms with van der Waals surface area (Å²) in [6.07, 6.45) is 2.94. The topological polar surface area (TPSA) is 63.5 Å². The van der Waals surface area contributed by atoms with Crippen molar-refractivity contribution in [2.75, 3.05) is 25.1 Å². The number of nitrogens with zero attached hydrogens (tertiary/aromatic N) is 5. The summed E-state index contributed by atoms with van der Waals surface area (Å²) in [5.74, 6) is -0.141. The van der Waals surface area contributed by atoms with E-state index in [0.717, 1.165) is 18.6 Å². The van der Waals surface area contributed by atoms with Gasteiger partial charge in [0, 0.05) is 32.1 Å². The first kappa shape index (κ1) is 15.2. The van der Waals surface area contributed by atoms with E-state index in [1.54, 1.807) is 0 Å². The van der Waals surface area contributed by atoms with Crippen molar-refractivity contribution < 1.29 is 9.23 Å². The van der Waals surface area contributed by atoms with Crippen LogP contribution in [-0.4, -0.2) is 40.9 Å². The Kier molecular flexibility index (Phi) is 4.26. The lowest BCUT2D eigenvalue weighted by Crippen LogP contribution is -2.34. The maximum atomic E-state index is 14.1. The Hall–Kier alpha value is -1.73. The van der Waals surface area contributed by atoms with Crippen LogP contribution in [0.25, 0.3) is 10.9 Å². The lowest BCUT2D eigenvalue weighted by Gasteiger charge is -2.29. The molecule has 0 atom stereocenters. The summed E-state index contributed by atoms with van der Waals surface area (Å²) in [6, 6.07) is 0. The van der Waals surface area contributed by atoms with Crippen LogP contribution in [0.3, 0.4) is 0 Å². The number of oxime groups is 1. The van der Waals surface area contributed by atoms with E-state index in [4.69, 9.17) is 28.0 Å². The van der Waals surface area contributed by atoms with Crippen molar-refractivity contribution in [3.8, 4) is 0 Å². The number of aromatic nitrogens is 3. The second-order valence-electron chi connectivity index (χ2n) is 4.77. The maximum Gasteiger partial charge on any atom is 0.225 e. The molecule has 3 heterocycles. The predicted octanol–water partition coefficient (Wildman–Crippen LogP) is 3.07. The molecule has 0 bridgehead atoms. The first-order valence-corrected chi connectivity index (χ1v) is 7.37. The molecule has 1 aliphatic heterocycles. The molecule has 1 fully saturated rings. The molecular weight excluding hydrogens is 332 g/mol. The lowest BCUT2D eigenvalue weighted by molar-refractivity contribution is 0.211. The zero-order valence-corrected chi connectivity index (χ0v) is 13.2. The molecule has 116 valence electrons. The van der Waals surface area contributed by atoms with E-state index in [9.17, 15) is 4.39 Å². The highest BCUT2D eigenvalue weighted by Gasteiger charge is 2.22. The fourth-order valence-electron chi connectivity index (χ4n) is 2.43. The molecule has 0 radical (unpaired) electrons. The van der Waals surface area contributed by atoms with Crippen LogP contribution in [0.15, 0.2) is 11.4 Å². The monoisotopic (exact) mass is 343 g/mol. The zero-order chi connectivity index (χ0) is 15.7. The van der Waals surface area contributed by atoms with Crippen LogP contribution in [-0.2, 0) is 4.84 Å². The highest BCUT2D eigenvalue weighted by atomic mass is 35.5. The van der Waals surface area contributed by atoms with Crippen LogP contribution >= 0.6 is 23.2 Å². The summed E-state index contributed by atoms with van der Waals surface area (Å²) in [4.78, 5) is 18.8. The quantitative estimate of drug-likeness (QED) is 0.476. The Morgan fingerprint density at radius 1 is 1.27 bits per heavy atom. The second kappa shape index (κ2) is 6.18. The molecule has 6 nitrogen and oxygen atoms in total. The van der Waals surface area contributed by atoms with Crippen molar-refractivity contribution in [2.45, 2.75) is 12.8 Å². The number of anilines is 1. The normalized spacial score (nSPS) is 15.3. The average Bonchev–Trinajstić information content (AvgIpc) is 2.52. The van der Waals surface area contributed by atoms with Crippen LogP contribution in [0, 0.1) is 5.82 Å². The predicted molar refractivity (Wildman–Crippen MR) is 83.2 cm³/mol. The molecule has 1 aliphatic rings. The zero-order valence-electron chi connectivity index (χ0n) is 11.7. The van der Waals surface area contributed by atoms with Gasteiger partial charge in [-0.25, -0.2) is 14.4 Å². The number of rotatable bonds is 2. The van der Waals surface area contributed by atoms with Gasteiger partial charge in [0.15, 0.2) is 11.0 Å². The van der Waals surface area contributed by atoms with Gasteiger partial charge in [-0.05, 0) is 11.6 Å². The fraction of sp³-hybridized carbons (Fsp3) is 0.385. The standard InChI is InChI=1S/C13H12Cl2FN5O/c1-22-20-7-2-4-21(5-3-7)12-8-6-17-11(14)9(16)10(8)18-13(15)19-12/h6H,2-5H2,1H3. The van der Waals surface area contributed by atoms with E-state index in [1.165, 1.54) is 13.3 Å². The molecule has 2 aromatic rings. The van der Waals surface area contributed by atoms with Crippen molar-refractivity contribution >= 4 is 45.6 Å². The number of pyridine rings is 1. The molecule has 0 aliphatic carbocycles. The minimum absolute atomic E-state index is 0.0278. The number of hydrogen-bond acceptors (Lipinski definition) is 6. The minimum Gasteiger partial charge on any atom is -0.399 e. The Bertz CT molecular complexity index is 745. The minimum atomic E-state index is -0.691. The SMILES string of the molecule is CON=C1CCN(c2nc(Cl)nc3c(F)c(Cl)ncc23)CC1. The molecule has 0 spiro atoms. The molecule has 0 unspecified atom stereocenters. The van der Waals surface area contributed by atoms with Crippen molar-refractivity contribution in [3.63, 3.8) is 0 Å². The third-order valence-electron chi connectivity index (χ3n) is 3.45. The van der Waals surface area contributed by atoms with Gasteiger partial charge in [0.1, 0.15) is 18.4 Å². The van der Waals surface area contributed by atoms with Gasteiger partial charge < -0.3 is 9.74 Å². The molecule has 0 N–H and O–H groups in total. The molecule has 0 aromatic carbocycles. The highest BCUT2D eigenvalue weighted by Crippen LogP contribution is 2.30. The van der Waals surface area contributed by atoms with Crippen molar-refractivity contribution in [1.82, 2.24) is 15.0 Å². The first-order valence-electron chi connectivity index (χ1n) is 6.61. The van der Waals surface area contributed by atoms with Gasteiger partial charge >= 0.3 is 0 Å². The summed E-state index contributed by atoms with van der Waals surface area (Å²) < 4.78 is 14.1. The third-order valence-corrected chi connectivity index (χ3v) is 3.89. The van der Waals surface area contributed by atoms with Gasteiger partial charge in [-0.3, -0.25) is 0 Å². The number of halogens is 3. The largest absolute Gasteiger partial charge is 0.399 e. The molecular formula is C13H12Cl2FN5O. The van der Waals surface area contributed by atoms with Crippen molar-refractivity contribution in [1.29, 1.82) is 0 Å². The van der Waals surface area contributed by atoms with Crippen LogP contribution in [0.5, 0.6) is 0 Å². The van der Waals surface area contributed by atoms with Gasteiger partial charge in [0.05, 0.1) is 11.1 Å². The van der Waals surface area contributed by atoms with Crippen LogP contribution in [0.2, 0.25) is 10.4 Å². The van der Waals surface area contributed by atoms with E-state index in [1.807, 2.05) is 4.90 Å². The van der Waals surface area contributed by atoms with Crippen molar-refractivity contribution in [2.24, 2.45) is 5.16 Å². The average molecular weight is 344 g/mol. The smallest absolute Gasteiger partial charge is 0.225 e. The number of hydrogen-bond donors (Lipinski definition) is 0. The van der Waals surface area contributed by atoms with E-state index >= 15 is 0 Å². The first-order chi connectivity index (χ1) is 10.6. The molecule has 9 heteroatoms. The van der Waals surface area contributed by atoms with Gasteiger partial charge in [0.2, 0.25) is 5.28 Å². The summed E-state index contributed by atoms with van der Waals surface area (Å²) in [7, 11) is 1.52. The second-order valence-corrected chi connectivity index (χ2v) is 5.46. The Morgan fingerprint density at radius 3 is 2.68 bits per heavy atom. The van der Waals surface area contributed by atoms with Crippen LogP contribution in [0.4, 0.5) is 10.2 Å². The van der Waals surface area contributed by atoms with Gasteiger partial charge in [0.25, 0.3) is 0 Å². The van der Waals surface area contributed by atoms with E-state index < -0.39 is 5.82 Å². The molecule has 3 rings (SSSR count). The Balaban J connectivity index is 2.01.